The molecule has 2 aromatic carbocycles. The first-order chi connectivity index (χ1) is 21.2. The van der Waals surface area contributed by atoms with Gasteiger partial charge in [0.25, 0.3) is 0 Å². The Morgan fingerprint density at radius 3 is 0.936 bits per heavy atom. The maximum Gasteiger partial charge on any atom is 4.00 e. The molecule has 0 fully saturated rings. The minimum Gasteiger partial charge on any atom is -0.665 e. The molecule has 0 unspecified atom stereocenters. The smallest absolute Gasteiger partial charge is 0.665 e. The van der Waals surface area contributed by atoms with Gasteiger partial charge in [0.1, 0.15) is 0 Å². The molecule has 0 bridgehead atoms. The van der Waals surface area contributed by atoms with Crippen LogP contribution in [0.4, 0.5) is 0 Å². The van der Waals surface area contributed by atoms with E-state index in [2.05, 4.69) is 160 Å². The number of hydrogen-bond acceptors (Lipinski definition) is 0. The van der Waals surface area contributed by atoms with Crippen molar-refractivity contribution in [3.8, 4) is 0 Å². The van der Waals surface area contributed by atoms with Crippen molar-refractivity contribution < 1.29 is 25.8 Å². The summed E-state index contributed by atoms with van der Waals surface area (Å²) < 4.78 is 0. The van der Waals surface area contributed by atoms with Gasteiger partial charge >= 0.3 is 25.8 Å². The van der Waals surface area contributed by atoms with Gasteiger partial charge in [-0.3, -0.25) is 0 Å². The van der Waals surface area contributed by atoms with Crippen LogP contribution in [-0.4, -0.2) is 0 Å². The molecule has 0 amide bonds. The first-order valence-electron chi connectivity index (χ1n) is 17.5. The van der Waals surface area contributed by atoms with Crippen molar-refractivity contribution in [1.82, 2.24) is 0 Å². The Morgan fingerprint density at radius 2 is 0.766 bits per heavy atom. The summed E-state index contributed by atoms with van der Waals surface area (Å²) in [5.41, 5.74) is 19.4. The Bertz CT molecular complexity index is 1170. The van der Waals surface area contributed by atoms with Crippen molar-refractivity contribution in [3.05, 3.63) is 126 Å². The van der Waals surface area contributed by atoms with Crippen molar-refractivity contribution in [2.45, 2.75) is 150 Å². The molecule has 0 spiro atoms. The molecule has 2 aliphatic heterocycles. The molecule has 0 radical (unpaired) electrons. The Kier molecular flexibility index (Phi) is 18.9. The standard InChI is InChI=1S/C18H24N2.2C10H15.C6H14.Hf/c1-17(2,3)13-7-9-19-15(11-13)16-12-14(8-10-20-16)18(4,5)6;2*1-6-7(2)9(4)10(5)8(6)3;1-3-5-6-4-2;/h7-12H,1-6H3;2*1-5H3;3-6H2,1-2H3;/q-2;2*-1;;+4/b16-15-;;;;. The molecule has 0 saturated heterocycles. The molecule has 0 atom stereocenters. The predicted octanol–water partition coefficient (Wildman–Crippen LogP) is 14.4. The summed E-state index contributed by atoms with van der Waals surface area (Å²) in [7, 11) is 0. The number of nitrogens with zero attached hydrogens (tertiary/aromatic N) is 2. The Morgan fingerprint density at radius 1 is 0.511 bits per heavy atom. The molecule has 2 nitrogen and oxygen atoms in total. The summed E-state index contributed by atoms with van der Waals surface area (Å²) in [4.78, 5) is 0. The second-order valence-electron chi connectivity index (χ2n) is 15.3. The third kappa shape index (κ3) is 13.0. The fourth-order valence-corrected chi connectivity index (χ4v) is 5.39. The van der Waals surface area contributed by atoms with Gasteiger partial charge < -0.3 is 10.6 Å². The van der Waals surface area contributed by atoms with E-state index in [4.69, 9.17) is 0 Å². The fourth-order valence-electron chi connectivity index (χ4n) is 5.39. The SMILES string of the molecule is CC(C)(C)C1=C/C(=C2\C=C(C(C)(C)C)C=C[N-]2)[N-]C=C1.CCCCCC.Cc1c(C)c(C)[c-](C)c1C.Cc1c(C)c(C)[c-](C)c1C.[Hf+4]. The van der Waals surface area contributed by atoms with E-state index in [9.17, 15) is 0 Å². The average molecular weight is 804 g/mol. The molecule has 2 heterocycles. The summed E-state index contributed by atoms with van der Waals surface area (Å²) >= 11 is 0. The van der Waals surface area contributed by atoms with Gasteiger partial charge in [-0.1, -0.05) is 175 Å². The van der Waals surface area contributed by atoms with E-state index in [0.717, 1.165) is 11.4 Å². The summed E-state index contributed by atoms with van der Waals surface area (Å²) in [5.74, 6) is 0. The predicted molar refractivity (Wildman–Crippen MR) is 208 cm³/mol. The van der Waals surface area contributed by atoms with Gasteiger partial charge in [0, 0.05) is 0 Å². The van der Waals surface area contributed by atoms with Crippen LogP contribution in [0, 0.1) is 80.1 Å². The monoisotopic (exact) mass is 804 g/mol. The molecule has 0 N–H and O–H groups in total. The van der Waals surface area contributed by atoms with Gasteiger partial charge in [0.2, 0.25) is 0 Å². The second kappa shape index (κ2) is 19.8. The molecule has 47 heavy (non-hydrogen) atoms. The summed E-state index contributed by atoms with van der Waals surface area (Å²) in [6, 6.07) is 0. The first kappa shape index (κ1) is 44.9. The van der Waals surface area contributed by atoms with Crippen LogP contribution in [0.1, 0.15) is 137 Å². The fraction of sp³-hybridized carbons (Fsp3) is 0.545. The summed E-state index contributed by atoms with van der Waals surface area (Å²) in [5, 5.41) is 8.97. The number of unbranched alkanes of at least 4 members (excludes halogenated alkanes) is 3. The van der Waals surface area contributed by atoms with Crippen molar-refractivity contribution in [1.29, 1.82) is 0 Å². The topological polar surface area (TPSA) is 28.2 Å². The van der Waals surface area contributed by atoms with Crippen molar-refractivity contribution in [2.24, 2.45) is 10.8 Å². The molecule has 3 heteroatoms. The van der Waals surface area contributed by atoms with Crippen LogP contribution in [0.15, 0.2) is 59.2 Å². The van der Waals surface area contributed by atoms with Crippen LogP contribution in [0.2, 0.25) is 0 Å². The van der Waals surface area contributed by atoms with Crippen molar-refractivity contribution >= 4 is 0 Å². The minimum atomic E-state index is 0. The molecule has 0 aliphatic carbocycles. The molecule has 0 saturated carbocycles. The van der Waals surface area contributed by atoms with Gasteiger partial charge in [-0.25, -0.2) is 0 Å². The molecule has 0 aromatic heterocycles. The maximum atomic E-state index is 4.48. The van der Waals surface area contributed by atoms with E-state index >= 15 is 0 Å². The van der Waals surface area contributed by atoms with E-state index in [1.807, 2.05) is 12.4 Å². The third-order valence-electron chi connectivity index (χ3n) is 10.1. The number of rotatable bonds is 3. The molecular weight excluding hydrogens is 735 g/mol. The molecule has 2 aromatic rings. The van der Waals surface area contributed by atoms with Crippen molar-refractivity contribution in [3.63, 3.8) is 0 Å². The minimum absolute atomic E-state index is 0. The summed E-state index contributed by atoms with van der Waals surface area (Å²) in [6.45, 7) is 39.7. The maximum absolute atomic E-state index is 4.48. The number of hydrogen-bond donors (Lipinski definition) is 0. The van der Waals surface area contributed by atoms with Gasteiger partial charge in [-0.05, 0) is 22.0 Å². The molecule has 2 aliphatic rings. The van der Waals surface area contributed by atoms with Crippen LogP contribution in [0.5, 0.6) is 0 Å². The van der Waals surface area contributed by atoms with E-state index in [1.165, 1.54) is 92.5 Å². The van der Waals surface area contributed by atoms with Gasteiger partial charge in [-0.15, -0.1) is 0 Å². The second-order valence-corrected chi connectivity index (χ2v) is 15.3. The molecule has 4 rings (SSSR count). The first-order valence-corrected chi connectivity index (χ1v) is 17.5. The largest absolute Gasteiger partial charge is 4.00 e. The summed E-state index contributed by atoms with van der Waals surface area (Å²) in [6.07, 6.45) is 17.7. The van der Waals surface area contributed by atoms with Crippen LogP contribution in [-0.2, 0) is 25.8 Å². The Labute approximate surface area is 310 Å². The quantitative estimate of drug-likeness (QED) is 0.168. The van der Waals surface area contributed by atoms with E-state index in [0.29, 0.717) is 0 Å². The molecular formula is C44H68HfN2. The molecule has 258 valence electrons. The zero-order valence-electron chi connectivity index (χ0n) is 33.7. The van der Waals surface area contributed by atoms with E-state index in [1.54, 1.807) is 0 Å². The average Bonchev–Trinajstić information content (AvgIpc) is 3.29. The van der Waals surface area contributed by atoms with Gasteiger partial charge in [-0.2, -0.15) is 79.4 Å². The number of allylic oxidation sites excluding steroid dienone is 6. The zero-order chi connectivity index (χ0) is 35.6. The van der Waals surface area contributed by atoms with Crippen LogP contribution in [0.25, 0.3) is 10.6 Å². The van der Waals surface area contributed by atoms with Crippen LogP contribution in [0.3, 0.4) is 0 Å². The Balaban J connectivity index is 0.000000663. The van der Waals surface area contributed by atoms with E-state index in [-0.39, 0.29) is 36.7 Å². The van der Waals surface area contributed by atoms with Crippen LogP contribution >= 0.6 is 0 Å². The third-order valence-corrected chi connectivity index (χ3v) is 10.1. The van der Waals surface area contributed by atoms with Gasteiger partial charge in [0.05, 0.1) is 0 Å². The zero-order valence-corrected chi connectivity index (χ0v) is 37.3. The van der Waals surface area contributed by atoms with Gasteiger partial charge in [0.15, 0.2) is 0 Å². The van der Waals surface area contributed by atoms with Crippen LogP contribution < -0.4 is 0 Å². The van der Waals surface area contributed by atoms with Crippen molar-refractivity contribution in [2.75, 3.05) is 0 Å². The van der Waals surface area contributed by atoms with E-state index < -0.39 is 0 Å². The normalized spacial score (nSPS) is 15.4. The Hall–Kier alpha value is -2.13.